The Balaban J connectivity index is 1.54. The minimum Gasteiger partial charge on any atom is -0.352 e. The molecule has 0 atom stereocenters. The van der Waals surface area contributed by atoms with Crippen LogP contribution in [0, 0.1) is 19.7 Å². The summed E-state index contributed by atoms with van der Waals surface area (Å²) >= 11 is 3.48. The number of hydrogen-bond acceptors (Lipinski definition) is 4. The van der Waals surface area contributed by atoms with E-state index in [4.69, 9.17) is 0 Å². The van der Waals surface area contributed by atoms with Crippen molar-refractivity contribution in [1.82, 2.24) is 29.7 Å². The molecule has 0 radical (unpaired) electrons. The predicted molar refractivity (Wildman–Crippen MR) is 120 cm³/mol. The van der Waals surface area contributed by atoms with Crippen molar-refractivity contribution in [2.45, 2.75) is 33.2 Å². The van der Waals surface area contributed by atoms with Gasteiger partial charge < -0.3 is 5.32 Å². The standard InChI is InChI=1S/C22H20BrF3N6O/c1-12-19(23)13(2)31(30-12)9-3-8-27-22(33)16-11-28-32-18(20(25)26)10-17(29-21(16)32)14-4-6-15(24)7-5-14/h4-7,10-11,20H,3,8-9H2,1-2H3,(H,27,33). The van der Waals surface area contributed by atoms with Crippen LogP contribution in [0.4, 0.5) is 13.2 Å². The van der Waals surface area contributed by atoms with Crippen LogP contribution in [0.5, 0.6) is 0 Å². The van der Waals surface area contributed by atoms with Gasteiger partial charge >= 0.3 is 0 Å². The molecule has 0 fully saturated rings. The number of aromatic nitrogens is 5. The highest BCUT2D eigenvalue weighted by atomic mass is 79.9. The number of alkyl halides is 2. The average molecular weight is 521 g/mol. The molecule has 0 bridgehead atoms. The molecule has 172 valence electrons. The normalized spacial score (nSPS) is 11.5. The first-order chi connectivity index (χ1) is 15.8. The topological polar surface area (TPSA) is 77.1 Å². The fourth-order valence-electron chi connectivity index (χ4n) is 3.49. The van der Waals surface area contributed by atoms with Crippen molar-refractivity contribution >= 4 is 27.5 Å². The van der Waals surface area contributed by atoms with Crippen LogP contribution in [0.25, 0.3) is 16.9 Å². The van der Waals surface area contributed by atoms with E-state index < -0.39 is 23.8 Å². The van der Waals surface area contributed by atoms with Crippen LogP contribution in [0.15, 0.2) is 41.0 Å². The summed E-state index contributed by atoms with van der Waals surface area (Å²) in [5.41, 5.74) is 2.21. The zero-order chi connectivity index (χ0) is 23.7. The van der Waals surface area contributed by atoms with Crippen LogP contribution < -0.4 is 5.32 Å². The number of nitrogens with zero attached hydrogens (tertiary/aromatic N) is 5. The van der Waals surface area contributed by atoms with E-state index in [1.165, 1.54) is 36.5 Å². The fraction of sp³-hybridized carbons (Fsp3) is 0.273. The molecular formula is C22H20BrF3N6O. The van der Waals surface area contributed by atoms with Crippen molar-refractivity contribution in [3.8, 4) is 11.3 Å². The van der Waals surface area contributed by atoms with Gasteiger partial charge in [-0.2, -0.15) is 10.2 Å². The van der Waals surface area contributed by atoms with E-state index in [0.29, 0.717) is 25.1 Å². The molecule has 0 aliphatic heterocycles. The number of carbonyl (C=O) groups is 1. The number of rotatable bonds is 7. The Kier molecular flexibility index (Phi) is 6.50. The Labute approximate surface area is 195 Å². The van der Waals surface area contributed by atoms with Crippen LogP contribution in [0.1, 0.15) is 40.3 Å². The number of carbonyl (C=O) groups excluding carboxylic acids is 1. The number of halogens is 4. The van der Waals surface area contributed by atoms with Gasteiger partial charge in [0.05, 0.1) is 22.1 Å². The van der Waals surface area contributed by atoms with E-state index in [-0.39, 0.29) is 16.9 Å². The Bertz CT molecular complexity index is 1320. The van der Waals surface area contributed by atoms with Crippen molar-refractivity contribution in [1.29, 1.82) is 0 Å². The third kappa shape index (κ3) is 4.63. The van der Waals surface area contributed by atoms with Crippen LogP contribution in [-0.4, -0.2) is 36.8 Å². The quantitative estimate of drug-likeness (QED) is 0.352. The third-order valence-electron chi connectivity index (χ3n) is 5.23. The van der Waals surface area contributed by atoms with Gasteiger partial charge in [0, 0.05) is 24.3 Å². The van der Waals surface area contributed by atoms with E-state index in [0.717, 1.165) is 20.4 Å². The largest absolute Gasteiger partial charge is 0.352 e. The van der Waals surface area contributed by atoms with Crippen molar-refractivity contribution in [2.75, 3.05) is 6.54 Å². The summed E-state index contributed by atoms with van der Waals surface area (Å²) in [6, 6.07) is 6.50. The maximum atomic E-state index is 13.7. The second-order valence-electron chi connectivity index (χ2n) is 7.48. The SMILES string of the molecule is Cc1nn(CCCNC(=O)c2cnn3c(C(F)F)cc(-c4ccc(F)cc4)nc23)c(C)c1Br. The Morgan fingerprint density at radius 1 is 1.21 bits per heavy atom. The molecule has 3 heterocycles. The minimum absolute atomic E-state index is 0.00658. The first kappa shape index (κ1) is 23.0. The van der Waals surface area contributed by atoms with Gasteiger partial charge in [-0.05, 0) is 66.5 Å². The smallest absolute Gasteiger partial charge is 0.280 e. The molecule has 1 N–H and O–H groups in total. The van der Waals surface area contributed by atoms with Gasteiger partial charge in [-0.1, -0.05) is 0 Å². The van der Waals surface area contributed by atoms with Crippen LogP contribution in [0.2, 0.25) is 0 Å². The summed E-state index contributed by atoms with van der Waals surface area (Å²) in [7, 11) is 0. The van der Waals surface area contributed by atoms with Gasteiger partial charge in [-0.15, -0.1) is 0 Å². The molecule has 4 aromatic rings. The van der Waals surface area contributed by atoms with Gasteiger partial charge in [0.15, 0.2) is 5.65 Å². The van der Waals surface area contributed by atoms with Crippen LogP contribution in [0.3, 0.4) is 0 Å². The van der Waals surface area contributed by atoms with E-state index in [2.05, 4.69) is 36.4 Å². The van der Waals surface area contributed by atoms with Gasteiger partial charge in [0.2, 0.25) is 0 Å². The number of fused-ring (bicyclic) bond motifs is 1. The highest BCUT2D eigenvalue weighted by Gasteiger charge is 2.21. The molecule has 0 aliphatic carbocycles. The summed E-state index contributed by atoms with van der Waals surface area (Å²) in [5, 5.41) is 11.2. The lowest BCUT2D eigenvalue weighted by atomic mass is 10.1. The monoisotopic (exact) mass is 520 g/mol. The maximum absolute atomic E-state index is 13.7. The number of amides is 1. The van der Waals surface area contributed by atoms with E-state index in [9.17, 15) is 18.0 Å². The first-order valence-corrected chi connectivity index (χ1v) is 11.0. The molecule has 1 aromatic carbocycles. The molecular weight excluding hydrogens is 501 g/mol. The molecule has 0 aliphatic rings. The Hall–Kier alpha value is -3.21. The lowest BCUT2D eigenvalue weighted by Crippen LogP contribution is -2.25. The van der Waals surface area contributed by atoms with Crippen molar-refractivity contribution in [2.24, 2.45) is 0 Å². The summed E-state index contributed by atoms with van der Waals surface area (Å²) in [5.74, 6) is -0.922. The molecule has 33 heavy (non-hydrogen) atoms. The van der Waals surface area contributed by atoms with Gasteiger partial charge in [0.25, 0.3) is 12.3 Å². The third-order valence-corrected chi connectivity index (χ3v) is 6.38. The predicted octanol–water partition coefficient (Wildman–Crippen LogP) is 4.87. The molecule has 0 saturated heterocycles. The van der Waals surface area contributed by atoms with Crippen LogP contribution >= 0.6 is 15.9 Å². The van der Waals surface area contributed by atoms with Gasteiger partial charge in [-0.3, -0.25) is 9.48 Å². The number of nitrogens with one attached hydrogen (secondary N) is 1. The minimum atomic E-state index is -2.84. The highest BCUT2D eigenvalue weighted by molar-refractivity contribution is 9.10. The highest BCUT2D eigenvalue weighted by Crippen LogP contribution is 2.27. The summed E-state index contributed by atoms with van der Waals surface area (Å²) < 4.78 is 44.4. The molecule has 7 nitrogen and oxygen atoms in total. The number of benzene rings is 1. The van der Waals surface area contributed by atoms with Gasteiger partial charge in [-0.25, -0.2) is 22.7 Å². The molecule has 0 saturated carbocycles. The molecule has 1 amide bonds. The van der Waals surface area contributed by atoms with Crippen molar-refractivity contribution in [3.05, 3.63) is 69.5 Å². The lowest BCUT2D eigenvalue weighted by Gasteiger charge is -2.09. The first-order valence-electron chi connectivity index (χ1n) is 10.2. The van der Waals surface area contributed by atoms with Gasteiger partial charge in [0.1, 0.15) is 17.1 Å². The molecule has 11 heteroatoms. The Morgan fingerprint density at radius 2 is 1.94 bits per heavy atom. The number of hydrogen-bond donors (Lipinski definition) is 1. The second kappa shape index (κ2) is 9.34. The molecule has 3 aromatic heterocycles. The summed E-state index contributed by atoms with van der Waals surface area (Å²) in [6.07, 6.45) is -1.00. The summed E-state index contributed by atoms with van der Waals surface area (Å²) in [6.45, 7) is 4.81. The average Bonchev–Trinajstić information content (AvgIpc) is 3.33. The zero-order valence-electron chi connectivity index (χ0n) is 17.8. The van der Waals surface area contributed by atoms with E-state index >= 15 is 0 Å². The Morgan fingerprint density at radius 3 is 2.58 bits per heavy atom. The van der Waals surface area contributed by atoms with E-state index in [1.807, 2.05) is 18.5 Å². The van der Waals surface area contributed by atoms with Crippen molar-refractivity contribution in [3.63, 3.8) is 0 Å². The molecule has 0 spiro atoms. The number of aryl methyl sites for hydroxylation is 2. The molecule has 4 rings (SSSR count). The maximum Gasteiger partial charge on any atom is 0.280 e. The fourth-order valence-corrected chi connectivity index (χ4v) is 3.77. The second-order valence-corrected chi connectivity index (χ2v) is 8.28. The van der Waals surface area contributed by atoms with Crippen LogP contribution in [-0.2, 0) is 6.54 Å². The summed E-state index contributed by atoms with van der Waals surface area (Å²) in [4.78, 5) is 17.1. The zero-order valence-corrected chi connectivity index (χ0v) is 19.4. The molecule has 0 unspecified atom stereocenters. The lowest BCUT2D eigenvalue weighted by molar-refractivity contribution is 0.0953. The van der Waals surface area contributed by atoms with Crippen molar-refractivity contribution < 1.29 is 18.0 Å². The van der Waals surface area contributed by atoms with E-state index in [1.54, 1.807) is 0 Å².